The molecular weight excluding hydrogens is 857 g/mol. The van der Waals surface area contributed by atoms with Crippen LogP contribution in [-0.4, -0.2) is 185 Å². The fraction of sp³-hybridized carbons (Fsp3) is 0.860. The number of ether oxygens (including phenoxy) is 1. The minimum absolute atomic E-state index is 0.0259. The largest absolute Gasteiger partial charge is 0.409 e. The number of aliphatic imine (C=N–C) groups is 2. The second kappa shape index (κ2) is 23.6. The third-order valence-corrected chi connectivity index (χ3v) is 24.2. The molecule has 0 spiro atoms. The Balaban J connectivity index is 1.79. The number of carbonyl (C=O) groups is 4. The van der Waals surface area contributed by atoms with Gasteiger partial charge in [-0.2, -0.15) is 9.98 Å². The molecule has 0 aromatic heterocycles. The third kappa shape index (κ3) is 13.2. The topological polar surface area (TPSA) is 198 Å². The monoisotopic (exact) mass is 935 g/mol. The van der Waals surface area contributed by atoms with Gasteiger partial charge in [0.15, 0.2) is 0 Å². The lowest BCUT2D eigenvalue weighted by Gasteiger charge is -2.44. The number of carbonyl (C=O) groups excluding carboxylic acids is 6. The lowest BCUT2D eigenvalue weighted by atomic mass is 10.2. The van der Waals surface area contributed by atoms with Crippen LogP contribution in [0.5, 0.6) is 0 Å². The molecule has 4 heterocycles. The Morgan fingerprint density at radius 1 is 0.734 bits per heavy atom. The summed E-state index contributed by atoms with van der Waals surface area (Å²) >= 11 is 0. The Labute approximate surface area is 383 Å². The molecule has 8 amide bonds. The van der Waals surface area contributed by atoms with Crippen molar-refractivity contribution in [2.45, 2.75) is 161 Å². The van der Waals surface area contributed by atoms with Crippen LogP contribution in [0, 0.1) is 0 Å². The first-order chi connectivity index (χ1) is 30.2. The van der Waals surface area contributed by atoms with Crippen LogP contribution < -0.4 is 10.6 Å². The first-order valence-corrected chi connectivity index (χ1v) is 28.1. The van der Waals surface area contributed by atoms with E-state index in [1.807, 2.05) is 20.8 Å². The predicted octanol–water partition coefficient (Wildman–Crippen LogP) is 5.85. The molecular formula is C43H78N10O9Si2. The molecule has 6 unspecified atom stereocenters. The predicted molar refractivity (Wildman–Crippen MR) is 247 cm³/mol. The molecule has 4 aliphatic rings. The average molecular weight is 935 g/mol. The molecule has 6 atom stereocenters. The quantitative estimate of drug-likeness (QED) is 0.197. The molecule has 2 N–H and O–H groups in total. The van der Waals surface area contributed by atoms with Crippen molar-refractivity contribution in [2.75, 3.05) is 78.0 Å². The number of hydrogen-bond donors (Lipinski definition) is 2. The lowest BCUT2D eigenvalue weighted by molar-refractivity contribution is 0.0348. The minimum atomic E-state index is -2.93. The molecule has 0 aromatic rings. The van der Waals surface area contributed by atoms with Gasteiger partial charge in [-0.25, -0.2) is 38.8 Å². The van der Waals surface area contributed by atoms with Crippen LogP contribution in [0.3, 0.4) is 0 Å². The van der Waals surface area contributed by atoms with Crippen LogP contribution in [-0.2, 0) is 23.2 Å². The average Bonchev–Trinajstić information content (AvgIpc) is 3.60. The van der Waals surface area contributed by atoms with E-state index in [0.717, 1.165) is 25.7 Å². The Hall–Kier alpha value is -3.85. The summed E-state index contributed by atoms with van der Waals surface area (Å²) in [5.41, 5.74) is 0. The number of urea groups is 4. The van der Waals surface area contributed by atoms with Gasteiger partial charge in [0.25, 0.3) is 0 Å². The summed E-state index contributed by atoms with van der Waals surface area (Å²) < 4.78 is 21.1. The number of rotatable bonds is 4. The molecule has 2 bridgehead atoms. The molecule has 4 aliphatic heterocycles. The summed E-state index contributed by atoms with van der Waals surface area (Å²) in [4.78, 5) is 95.0. The van der Waals surface area contributed by atoms with Gasteiger partial charge in [0, 0.05) is 59.0 Å². The molecule has 4 fully saturated rings. The third-order valence-electron chi connectivity index (χ3n) is 13.8. The second-order valence-electron chi connectivity index (χ2n) is 19.9. The Morgan fingerprint density at radius 2 is 1.28 bits per heavy atom. The van der Waals surface area contributed by atoms with Gasteiger partial charge in [0.05, 0.1) is 31.2 Å². The maximum absolute atomic E-state index is 14.7. The Bertz CT molecular complexity index is 1690. The van der Waals surface area contributed by atoms with Crippen LogP contribution >= 0.6 is 0 Å². The molecule has 64 heavy (non-hydrogen) atoms. The second-order valence-corrected chi connectivity index (χ2v) is 28.8. The van der Waals surface area contributed by atoms with Gasteiger partial charge in [-0.3, -0.25) is 0 Å². The Kier molecular flexibility index (Phi) is 19.4. The summed E-state index contributed by atoms with van der Waals surface area (Å²) in [6.07, 6.45) is 8.56. The standard InChI is InChI=1S/C43H78N10O9Si2/c1-11-49-24-25-50(41(59)52-23-17-13-15-20-37(52)46-30-55)26-27-53(48(10)40(58)51-22-16-12-14-19-36(51)45-29-54)39(57)44-21-18-28-63(42(4,5)6)32-60-33-64(43(7,8)9,31-47-38(49)56)62-35(3)34(2)61-63/h34-37H,11-28,31-33H2,1-10H3,(H,44,57)(H,47,56). The van der Waals surface area contributed by atoms with Crippen LogP contribution in [0.15, 0.2) is 9.98 Å². The van der Waals surface area contributed by atoms with Gasteiger partial charge >= 0.3 is 24.1 Å². The molecule has 0 aromatic carbocycles. The lowest BCUT2D eigenvalue weighted by Crippen LogP contribution is -2.63. The van der Waals surface area contributed by atoms with Gasteiger partial charge < -0.3 is 43.8 Å². The number of likely N-dealkylation sites (N-methyl/N-ethyl adjacent to an activating group) is 1. The van der Waals surface area contributed by atoms with Crippen molar-refractivity contribution in [1.29, 1.82) is 0 Å². The van der Waals surface area contributed by atoms with Crippen LogP contribution in [0.1, 0.15) is 120 Å². The number of amides is 8. The molecule has 362 valence electrons. The maximum Gasteiger partial charge on any atom is 0.340 e. The van der Waals surface area contributed by atoms with E-state index in [1.54, 1.807) is 26.9 Å². The summed E-state index contributed by atoms with van der Waals surface area (Å²) in [6, 6.07) is -1.12. The smallest absolute Gasteiger partial charge is 0.340 e. The van der Waals surface area contributed by atoms with Crippen molar-refractivity contribution in [2.24, 2.45) is 9.98 Å². The first-order valence-electron chi connectivity index (χ1n) is 23.5. The van der Waals surface area contributed by atoms with Crippen LogP contribution in [0.2, 0.25) is 16.1 Å². The molecule has 0 aliphatic carbocycles. The number of nitrogens with one attached hydrogen (secondary N) is 2. The number of isocyanates is 2. The summed E-state index contributed by atoms with van der Waals surface area (Å²) in [6.45, 7) is 20.3. The van der Waals surface area contributed by atoms with E-state index in [1.165, 1.54) is 22.0 Å². The van der Waals surface area contributed by atoms with E-state index in [4.69, 9.17) is 13.6 Å². The molecule has 21 heteroatoms. The molecule has 4 saturated heterocycles. The van der Waals surface area contributed by atoms with E-state index in [2.05, 4.69) is 62.2 Å². The molecule has 19 nitrogen and oxygen atoms in total. The van der Waals surface area contributed by atoms with Crippen molar-refractivity contribution in [3.63, 3.8) is 0 Å². The normalized spacial score (nSPS) is 29.4. The fourth-order valence-corrected chi connectivity index (χ4v) is 16.5. The highest BCUT2D eigenvalue weighted by Crippen LogP contribution is 2.45. The Morgan fingerprint density at radius 3 is 1.86 bits per heavy atom. The zero-order valence-electron chi connectivity index (χ0n) is 40.4. The van der Waals surface area contributed by atoms with Crippen molar-refractivity contribution in [3.05, 3.63) is 0 Å². The first kappa shape index (κ1) is 52.8. The summed E-state index contributed by atoms with van der Waals surface area (Å²) in [7, 11) is -4.20. The van der Waals surface area contributed by atoms with Gasteiger partial charge in [0.2, 0.25) is 28.8 Å². The van der Waals surface area contributed by atoms with Crippen LogP contribution in [0.4, 0.5) is 19.2 Å². The van der Waals surface area contributed by atoms with Gasteiger partial charge in [0.1, 0.15) is 12.3 Å². The fourth-order valence-electron chi connectivity index (χ4n) is 9.03. The van der Waals surface area contributed by atoms with Crippen molar-refractivity contribution in [3.8, 4) is 0 Å². The minimum Gasteiger partial charge on any atom is -0.409 e. The van der Waals surface area contributed by atoms with Crippen molar-refractivity contribution < 1.29 is 42.4 Å². The number of nitrogens with zero attached hydrogens (tertiary/aromatic N) is 8. The maximum atomic E-state index is 14.7. The van der Waals surface area contributed by atoms with Gasteiger partial charge in [-0.05, 0) is 81.8 Å². The van der Waals surface area contributed by atoms with Crippen molar-refractivity contribution >= 4 is 52.9 Å². The zero-order chi connectivity index (χ0) is 47.3. The van der Waals surface area contributed by atoms with E-state index < -0.39 is 47.1 Å². The highest BCUT2D eigenvalue weighted by atomic mass is 28.4. The van der Waals surface area contributed by atoms with E-state index in [-0.39, 0.29) is 61.0 Å². The van der Waals surface area contributed by atoms with E-state index >= 15 is 0 Å². The van der Waals surface area contributed by atoms with E-state index in [0.29, 0.717) is 76.4 Å². The molecule has 0 saturated carbocycles. The van der Waals surface area contributed by atoms with E-state index in [9.17, 15) is 28.8 Å². The SMILES string of the molecule is CCN1CCN(C(=O)N2CCCCCC2N=C=O)CCN(N(C)C(=O)N2CCCCCC2N=C=O)C(=O)NCCC[Si]2(C(C)(C)C)COC[Si](C(C)(C)C)(CNC1=O)OC(C)C(C)O2. The number of fused-ring (bicyclic) bond motifs is 4. The van der Waals surface area contributed by atoms with Gasteiger partial charge in [-0.1, -0.05) is 54.4 Å². The highest BCUT2D eigenvalue weighted by molar-refractivity contribution is 6.78. The summed E-state index contributed by atoms with van der Waals surface area (Å²) in [5, 5.41) is 8.21. The molecule has 4 rings (SSSR count). The van der Waals surface area contributed by atoms with Crippen LogP contribution in [0.25, 0.3) is 0 Å². The van der Waals surface area contributed by atoms with Crippen molar-refractivity contribution in [1.82, 2.24) is 40.3 Å². The molecule has 0 radical (unpaired) electrons. The highest BCUT2D eigenvalue weighted by Gasteiger charge is 2.54. The number of likely N-dealkylation sites (tertiary alicyclic amines) is 2. The number of hydrazine groups is 1. The number of hydrogen-bond acceptors (Lipinski definition) is 11. The summed E-state index contributed by atoms with van der Waals surface area (Å²) in [5.74, 6) is 0. The zero-order valence-corrected chi connectivity index (χ0v) is 42.4. The van der Waals surface area contributed by atoms with Gasteiger partial charge in [-0.15, -0.1) is 0 Å².